The lowest BCUT2D eigenvalue weighted by Gasteiger charge is -2.18. The second-order valence-corrected chi connectivity index (χ2v) is 9.04. The van der Waals surface area contributed by atoms with Crippen LogP contribution in [0.25, 0.3) is 0 Å². The molecular formula is C31H32N4O4. The second-order valence-electron chi connectivity index (χ2n) is 9.04. The van der Waals surface area contributed by atoms with E-state index in [4.69, 9.17) is 19.2 Å². The van der Waals surface area contributed by atoms with Crippen molar-refractivity contribution in [1.29, 1.82) is 0 Å². The maximum Gasteiger partial charge on any atom is 0.225 e. The summed E-state index contributed by atoms with van der Waals surface area (Å²) in [6, 6.07) is 23.5. The Morgan fingerprint density at radius 2 is 1.69 bits per heavy atom. The van der Waals surface area contributed by atoms with Gasteiger partial charge in [0.15, 0.2) is 6.29 Å². The fourth-order valence-corrected chi connectivity index (χ4v) is 3.70. The highest BCUT2D eigenvalue weighted by Gasteiger charge is 2.16. The summed E-state index contributed by atoms with van der Waals surface area (Å²) < 4.78 is 16.6. The number of ether oxygens (including phenoxy) is 3. The van der Waals surface area contributed by atoms with E-state index in [-0.39, 0.29) is 5.57 Å². The predicted molar refractivity (Wildman–Crippen MR) is 153 cm³/mol. The zero-order valence-corrected chi connectivity index (χ0v) is 22.4. The molecule has 0 radical (unpaired) electrons. The number of carbonyl (C=O) groups is 1. The third-order valence-electron chi connectivity index (χ3n) is 5.91. The van der Waals surface area contributed by atoms with Crippen molar-refractivity contribution >= 4 is 24.1 Å². The van der Waals surface area contributed by atoms with E-state index in [1.165, 1.54) is 11.8 Å². The number of methoxy groups -OCH3 is 1. The lowest BCUT2D eigenvalue weighted by atomic mass is 10.1. The highest BCUT2D eigenvalue weighted by molar-refractivity contribution is 6.06. The number of hydrogen-bond donors (Lipinski definition) is 1. The number of nitrogens with zero attached hydrogens (tertiary/aromatic N) is 3. The van der Waals surface area contributed by atoms with E-state index in [9.17, 15) is 4.79 Å². The fraction of sp³-hybridized carbons (Fsp3) is 0.194. The molecule has 0 unspecified atom stereocenters. The van der Waals surface area contributed by atoms with Crippen molar-refractivity contribution < 1.29 is 19.0 Å². The maximum absolute atomic E-state index is 11.7. The molecule has 3 aromatic carbocycles. The molecule has 1 fully saturated rings. The van der Waals surface area contributed by atoms with Crippen LogP contribution in [0.2, 0.25) is 0 Å². The van der Waals surface area contributed by atoms with Crippen molar-refractivity contribution in [3.05, 3.63) is 113 Å². The summed E-state index contributed by atoms with van der Waals surface area (Å²) in [5.41, 5.74) is 4.30. The van der Waals surface area contributed by atoms with Crippen LogP contribution in [0, 0.1) is 6.92 Å². The number of rotatable bonds is 9. The van der Waals surface area contributed by atoms with Gasteiger partial charge in [-0.2, -0.15) is 0 Å². The highest BCUT2D eigenvalue weighted by Crippen LogP contribution is 2.21. The van der Waals surface area contributed by atoms with Crippen LogP contribution in [0.5, 0.6) is 11.5 Å². The minimum Gasteiger partial charge on any atom is -0.497 e. The quantitative estimate of drug-likeness (QED) is 0.177. The molecule has 0 saturated carbocycles. The van der Waals surface area contributed by atoms with Crippen LogP contribution in [-0.4, -0.2) is 44.1 Å². The molecule has 1 aliphatic heterocycles. The van der Waals surface area contributed by atoms with Gasteiger partial charge in [-0.05, 0) is 54.4 Å². The van der Waals surface area contributed by atoms with Crippen LogP contribution in [-0.2, 0) is 22.7 Å². The molecule has 0 bridgehead atoms. The number of aryl methyl sites for hydroxylation is 1. The summed E-state index contributed by atoms with van der Waals surface area (Å²) in [5.74, 6) is 2.83. The molecule has 3 aromatic rings. The lowest BCUT2D eigenvalue weighted by Crippen LogP contribution is -2.25. The predicted octanol–water partition coefficient (Wildman–Crippen LogP) is 5.32. The van der Waals surface area contributed by atoms with Gasteiger partial charge in [-0.3, -0.25) is 4.79 Å². The SMILES string of the molecule is C=C1CN/C(=C(C=O)/C=N\C(=Nc2ccc(OCc3ccc(OC)cc3)cc2)N(C)Cc2ccc(C)cc2)O1. The van der Waals surface area contributed by atoms with Gasteiger partial charge in [0.2, 0.25) is 11.8 Å². The van der Waals surface area contributed by atoms with Crippen molar-refractivity contribution in [2.45, 2.75) is 20.1 Å². The first-order valence-electron chi connectivity index (χ1n) is 12.5. The van der Waals surface area contributed by atoms with E-state index in [0.29, 0.717) is 49.3 Å². The van der Waals surface area contributed by atoms with Crippen molar-refractivity contribution in [2.75, 3.05) is 20.7 Å². The zero-order valence-electron chi connectivity index (χ0n) is 22.4. The average molecular weight is 525 g/mol. The molecule has 0 amide bonds. The Bertz CT molecular complexity index is 1380. The Kier molecular flexibility index (Phi) is 9.13. The van der Waals surface area contributed by atoms with Gasteiger partial charge in [-0.1, -0.05) is 48.5 Å². The molecule has 4 rings (SSSR count). The van der Waals surface area contributed by atoms with Gasteiger partial charge in [0.25, 0.3) is 0 Å². The van der Waals surface area contributed by atoms with Crippen LogP contribution < -0.4 is 14.8 Å². The number of carbonyl (C=O) groups excluding carboxylic acids is 1. The Labute approximate surface area is 229 Å². The smallest absolute Gasteiger partial charge is 0.225 e. The topological polar surface area (TPSA) is 84.8 Å². The monoisotopic (exact) mass is 524 g/mol. The van der Waals surface area contributed by atoms with Gasteiger partial charge in [0, 0.05) is 19.8 Å². The summed E-state index contributed by atoms with van der Waals surface area (Å²) in [5, 5.41) is 3.00. The van der Waals surface area contributed by atoms with Crippen molar-refractivity contribution in [3.8, 4) is 11.5 Å². The van der Waals surface area contributed by atoms with Gasteiger partial charge in [0.05, 0.1) is 24.9 Å². The number of hydrogen-bond acceptors (Lipinski definition) is 6. The average Bonchev–Trinajstić information content (AvgIpc) is 3.39. The van der Waals surface area contributed by atoms with Crippen LogP contribution in [0.1, 0.15) is 16.7 Å². The van der Waals surface area contributed by atoms with E-state index in [1.807, 2.05) is 60.5 Å². The van der Waals surface area contributed by atoms with Crippen molar-refractivity contribution in [3.63, 3.8) is 0 Å². The Hall–Kier alpha value is -4.85. The molecule has 1 saturated heterocycles. The van der Waals surface area contributed by atoms with Crippen LogP contribution >= 0.6 is 0 Å². The van der Waals surface area contributed by atoms with Crippen LogP contribution in [0.15, 0.2) is 107 Å². The first-order valence-corrected chi connectivity index (χ1v) is 12.5. The van der Waals surface area contributed by atoms with Gasteiger partial charge in [0.1, 0.15) is 23.9 Å². The zero-order chi connectivity index (χ0) is 27.6. The van der Waals surface area contributed by atoms with Gasteiger partial charge < -0.3 is 24.4 Å². The number of aliphatic imine (C=N–C) groups is 2. The second kappa shape index (κ2) is 13.1. The fourth-order valence-electron chi connectivity index (χ4n) is 3.70. The highest BCUT2D eigenvalue weighted by atomic mass is 16.5. The Balaban J connectivity index is 1.52. The normalized spacial score (nSPS) is 14.5. The molecule has 39 heavy (non-hydrogen) atoms. The molecule has 0 spiro atoms. The molecule has 1 N–H and O–H groups in total. The lowest BCUT2D eigenvalue weighted by molar-refractivity contribution is -0.104. The standard InChI is InChI=1S/C31H32N4O4/c1-22-5-7-24(8-6-22)19-35(3)31(33-18-26(20-36)30-32-17-23(2)39-30)34-27-11-15-29(16-12-27)38-21-25-9-13-28(37-4)14-10-25/h5-16,18,20,32H,2,17,19,21H2,1,3-4H3/b30-26+,33-18-,34-31?. The molecule has 0 atom stereocenters. The number of allylic oxidation sites excluding steroid dienone is 1. The largest absolute Gasteiger partial charge is 0.497 e. The number of aldehydes is 1. The van der Waals surface area contributed by atoms with E-state index in [1.54, 1.807) is 7.11 Å². The van der Waals surface area contributed by atoms with Gasteiger partial charge in [-0.15, -0.1) is 0 Å². The van der Waals surface area contributed by atoms with Gasteiger partial charge in [-0.25, -0.2) is 9.98 Å². The van der Waals surface area contributed by atoms with E-state index >= 15 is 0 Å². The Morgan fingerprint density at radius 1 is 1.03 bits per heavy atom. The molecule has 1 heterocycles. The number of nitrogens with one attached hydrogen (secondary N) is 1. The number of benzene rings is 3. The third kappa shape index (κ3) is 7.82. The summed E-state index contributed by atoms with van der Waals surface area (Å²) in [6.07, 6.45) is 2.14. The maximum atomic E-state index is 11.7. The molecule has 1 aliphatic rings. The van der Waals surface area contributed by atoms with Crippen LogP contribution in [0.3, 0.4) is 0 Å². The summed E-state index contributed by atoms with van der Waals surface area (Å²) in [6.45, 7) is 7.29. The third-order valence-corrected chi connectivity index (χ3v) is 5.91. The minimum absolute atomic E-state index is 0.271. The van der Waals surface area contributed by atoms with E-state index in [0.717, 1.165) is 22.6 Å². The first-order chi connectivity index (χ1) is 18.9. The van der Waals surface area contributed by atoms with Gasteiger partial charge >= 0.3 is 0 Å². The molecule has 0 aromatic heterocycles. The van der Waals surface area contributed by atoms with Crippen molar-refractivity contribution in [2.24, 2.45) is 9.98 Å². The summed E-state index contributed by atoms with van der Waals surface area (Å²) in [4.78, 5) is 23.0. The van der Waals surface area contributed by atoms with E-state index < -0.39 is 0 Å². The molecule has 200 valence electrons. The van der Waals surface area contributed by atoms with E-state index in [2.05, 4.69) is 48.1 Å². The molecule has 0 aliphatic carbocycles. The summed E-state index contributed by atoms with van der Waals surface area (Å²) in [7, 11) is 3.55. The molecule has 8 heteroatoms. The van der Waals surface area contributed by atoms with Crippen molar-refractivity contribution in [1.82, 2.24) is 10.2 Å². The number of guanidine groups is 1. The Morgan fingerprint density at radius 3 is 2.31 bits per heavy atom. The minimum atomic E-state index is 0.271. The summed E-state index contributed by atoms with van der Waals surface area (Å²) >= 11 is 0. The first kappa shape index (κ1) is 27.2. The van der Waals surface area contributed by atoms with Crippen LogP contribution in [0.4, 0.5) is 5.69 Å². The molecule has 8 nitrogen and oxygen atoms in total. The molecular weight excluding hydrogens is 492 g/mol.